The molecular weight excluding hydrogens is 283 g/mol. The molecule has 1 N–H and O–H groups in total. The molecule has 0 fully saturated rings. The van der Waals surface area contributed by atoms with Crippen molar-refractivity contribution in [2.24, 2.45) is 0 Å². The van der Waals surface area contributed by atoms with E-state index in [2.05, 4.69) is 15.3 Å². The minimum absolute atomic E-state index is 0.0394. The molecule has 0 saturated heterocycles. The Morgan fingerprint density at radius 3 is 2.52 bits per heavy atom. The summed E-state index contributed by atoms with van der Waals surface area (Å²) in [5.41, 5.74) is 0.202. The summed E-state index contributed by atoms with van der Waals surface area (Å²) in [5, 5.41) is 2.74. The van der Waals surface area contributed by atoms with Gasteiger partial charge in [0, 0.05) is 30.7 Å². The smallest absolute Gasteiger partial charge is 0.416 e. The lowest BCUT2D eigenvalue weighted by Crippen LogP contribution is -2.13. The highest BCUT2D eigenvalue weighted by atomic mass is 19.4. The number of halogens is 3. The van der Waals surface area contributed by atoms with Crippen molar-refractivity contribution in [2.45, 2.75) is 19.7 Å². The van der Waals surface area contributed by atoms with E-state index >= 15 is 0 Å². The number of hydrogen-bond donors (Lipinski definition) is 1. The minimum atomic E-state index is -4.44. The van der Waals surface area contributed by atoms with Crippen LogP contribution < -0.4 is 10.1 Å². The van der Waals surface area contributed by atoms with Gasteiger partial charge in [0.1, 0.15) is 6.61 Å². The summed E-state index contributed by atoms with van der Waals surface area (Å²) in [7, 11) is 1.56. The largest absolute Gasteiger partial charge is 0.471 e. The van der Waals surface area contributed by atoms with Gasteiger partial charge in [-0.25, -0.2) is 4.98 Å². The molecule has 2 rings (SSSR count). The number of alkyl halides is 3. The van der Waals surface area contributed by atoms with Crippen molar-refractivity contribution in [3.63, 3.8) is 0 Å². The maximum absolute atomic E-state index is 13.1. The Labute approximate surface area is 120 Å². The summed E-state index contributed by atoms with van der Waals surface area (Å²) in [4.78, 5) is 7.93. The zero-order valence-electron chi connectivity index (χ0n) is 11.5. The Kier molecular flexibility index (Phi) is 4.30. The fraction of sp³-hybridized carbons (Fsp3) is 0.286. The highest BCUT2D eigenvalue weighted by Gasteiger charge is 2.34. The summed E-state index contributed by atoms with van der Waals surface area (Å²) in [6, 6.07) is 3.95. The molecule has 0 atom stereocenters. The lowest BCUT2D eigenvalue weighted by molar-refractivity contribution is -0.138. The van der Waals surface area contributed by atoms with E-state index in [1.165, 1.54) is 18.5 Å². The second kappa shape index (κ2) is 5.99. The summed E-state index contributed by atoms with van der Waals surface area (Å²) >= 11 is 0. The van der Waals surface area contributed by atoms with E-state index in [4.69, 9.17) is 4.74 Å². The molecule has 0 amide bonds. The van der Waals surface area contributed by atoms with Crippen LogP contribution in [0.2, 0.25) is 0 Å². The van der Waals surface area contributed by atoms with Crippen molar-refractivity contribution in [3.05, 3.63) is 47.4 Å². The molecule has 0 aliphatic carbocycles. The molecule has 0 aliphatic rings. The van der Waals surface area contributed by atoms with Crippen molar-refractivity contribution >= 4 is 5.69 Å². The van der Waals surface area contributed by atoms with Crippen LogP contribution in [-0.4, -0.2) is 17.0 Å². The second-order valence-corrected chi connectivity index (χ2v) is 4.32. The number of hydrogen-bond acceptors (Lipinski definition) is 4. The fourth-order valence-corrected chi connectivity index (χ4v) is 1.92. The Morgan fingerprint density at radius 1 is 1.19 bits per heavy atom. The van der Waals surface area contributed by atoms with E-state index in [0.29, 0.717) is 11.4 Å². The summed E-state index contributed by atoms with van der Waals surface area (Å²) in [6.45, 7) is 1.43. The van der Waals surface area contributed by atoms with Gasteiger partial charge in [0.25, 0.3) is 0 Å². The molecule has 112 valence electrons. The molecule has 1 heterocycles. The van der Waals surface area contributed by atoms with Gasteiger partial charge in [0.2, 0.25) is 5.88 Å². The van der Waals surface area contributed by atoms with Crippen LogP contribution in [0, 0.1) is 6.92 Å². The first-order valence-corrected chi connectivity index (χ1v) is 6.20. The molecule has 2 aromatic rings. The first kappa shape index (κ1) is 15.1. The van der Waals surface area contributed by atoms with Gasteiger partial charge in [-0.15, -0.1) is 0 Å². The van der Waals surface area contributed by atoms with Gasteiger partial charge in [-0.05, 0) is 19.1 Å². The lowest BCUT2D eigenvalue weighted by atomic mass is 10.1. The number of aryl methyl sites for hydroxylation is 1. The number of ether oxygens (including phenoxy) is 1. The molecule has 21 heavy (non-hydrogen) atoms. The van der Waals surface area contributed by atoms with Crippen molar-refractivity contribution in [2.75, 3.05) is 12.4 Å². The van der Waals surface area contributed by atoms with Gasteiger partial charge in [-0.3, -0.25) is 4.98 Å². The molecule has 0 radical (unpaired) electrons. The van der Waals surface area contributed by atoms with Crippen LogP contribution in [0.5, 0.6) is 5.88 Å². The Morgan fingerprint density at radius 2 is 1.90 bits per heavy atom. The van der Waals surface area contributed by atoms with Crippen LogP contribution in [0.1, 0.15) is 16.8 Å². The van der Waals surface area contributed by atoms with Gasteiger partial charge in [-0.2, -0.15) is 13.2 Å². The number of anilines is 1. The molecule has 0 spiro atoms. The predicted molar refractivity (Wildman–Crippen MR) is 72.1 cm³/mol. The molecule has 0 bridgehead atoms. The molecule has 0 saturated carbocycles. The van der Waals surface area contributed by atoms with Crippen LogP contribution in [0.4, 0.5) is 18.9 Å². The normalized spacial score (nSPS) is 11.3. The number of nitrogens with one attached hydrogen (secondary N) is 1. The van der Waals surface area contributed by atoms with Gasteiger partial charge in [0.15, 0.2) is 0 Å². The first-order chi connectivity index (χ1) is 9.93. The quantitative estimate of drug-likeness (QED) is 0.939. The SMILES string of the molecule is CNc1cccc(C(F)(F)F)c1COc1nccnc1C. The average molecular weight is 297 g/mol. The molecular formula is C14H14F3N3O. The van der Waals surface area contributed by atoms with Gasteiger partial charge < -0.3 is 10.1 Å². The Balaban J connectivity index is 2.32. The maximum atomic E-state index is 13.1. The standard InChI is InChI=1S/C14H14F3N3O/c1-9-13(20-7-6-19-9)21-8-10-11(14(15,16)17)4-3-5-12(10)18-2/h3-7,18H,8H2,1-2H3. The van der Waals surface area contributed by atoms with Crippen molar-refractivity contribution in [1.82, 2.24) is 9.97 Å². The predicted octanol–water partition coefficient (Wildman–Crippen LogP) is 3.42. The number of benzene rings is 1. The summed E-state index contributed by atoms with van der Waals surface area (Å²) in [6.07, 6.45) is -1.52. The third kappa shape index (κ3) is 3.42. The zero-order valence-corrected chi connectivity index (χ0v) is 11.5. The third-order valence-corrected chi connectivity index (χ3v) is 2.94. The number of nitrogens with zero attached hydrogens (tertiary/aromatic N) is 2. The average Bonchev–Trinajstić information content (AvgIpc) is 2.45. The van der Waals surface area contributed by atoms with Crippen LogP contribution in [0.15, 0.2) is 30.6 Å². The fourth-order valence-electron chi connectivity index (χ4n) is 1.92. The molecule has 0 aliphatic heterocycles. The topological polar surface area (TPSA) is 47.0 Å². The molecule has 1 aromatic heterocycles. The van der Waals surface area contributed by atoms with Gasteiger partial charge >= 0.3 is 6.18 Å². The van der Waals surface area contributed by atoms with Crippen LogP contribution in [0.25, 0.3) is 0 Å². The first-order valence-electron chi connectivity index (χ1n) is 6.20. The summed E-state index contributed by atoms with van der Waals surface area (Å²) < 4.78 is 44.6. The number of aromatic nitrogens is 2. The maximum Gasteiger partial charge on any atom is 0.416 e. The minimum Gasteiger partial charge on any atom is -0.471 e. The van der Waals surface area contributed by atoms with Crippen LogP contribution in [0.3, 0.4) is 0 Å². The Bertz CT molecular complexity index is 629. The van der Waals surface area contributed by atoms with Crippen LogP contribution >= 0.6 is 0 Å². The van der Waals surface area contributed by atoms with E-state index in [1.54, 1.807) is 20.0 Å². The van der Waals surface area contributed by atoms with Crippen molar-refractivity contribution in [1.29, 1.82) is 0 Å². The lowest BCUT2D eigenvalue weighted by Gasteiger charge is -2.17. The monoisotopic (exact) mass is 297 g/mol. The van der Waals surface area contributed by atoms with E-state index in [-0.39, 0.29) is 18.1 Å². The van der Waals surface area contributed by atoms with E-state index in [9.17, 15) is 13.2 Å². The molecule has 0 unspecified atom stereocenters. The van der Waals surface area contributed by atoms with Gasteiger partial charge in [-0.1, -0.05) is 6.07 Å². The van der Waals surface area contributed by atoms with Crippen molar-refractivity contribution < 1.29 is 17.9 Å². The molecule has 7 heteroatoms. The second-order valence-electron chi connectivity index (χ2n) is 4.32. The highest BCUT2D eigenvalue weighted by molar-refractivity contribution is 5.55. The number of rotatable bonds is 4. The summed E-state index contributed by atoms with van der Waals surface area (Å²) in [5.74, 6) is 0.219. The van der Waals surface area contributed by atoms with Gasteiger partial charge in [0.05, 0.1) is 11.3 Å². The van der Waals surface area contributed by atoms with E-state index < -0.39 is 11.7 Å². The Hall–Kier alpha value is -2.31. The zero-order chi connectivity index (χ0) is 15.5. The van der Waals surface area contributed by atoms with Crippen LogP contribution in [-0.2, 0) is 12.8 Å². The highest BCUT2D eigenvalue weighted by Crippen LogP contribution is 2.35. The van der Waals surface area contributed by atoms with Crippen molar-refractivity contribution in [3.8, 4) is 5.88 Å². The molecule has 1 aromatic carbocycles. The van der Waals surface area contributed by atoms with E-state index in [1.807, 2.05) is 0 Å². The third-order valence-electron chi connectivity index (χ3n) is 2.94. The molecule has 4 nitrogen and oxygen atoms in total. The van der Waals surface area contributed by atoms with E-state index in [0.717, 1.165) is 6.07 Å².